The molecule has 108 valence electrons. The normalized spacial score (nSPS) is 30.0. The summed E-state index contributed by atoms with van der Waals surface area (Å²) in [5, 5.41) is 0. The lowest BCUT2D eigenvalue weighted by molar-refractivity contribution is -0.0164. The predicted octanol–water partition coefficient (Wildman–Crippen LogP) is 1.49. The van der Waals surface area contributed by atoms with E-state index in [1.54, 1.807) is 14.2 Å². The number of methoxy groups -OCH3 is 2. The molecule has 1 fully saturated rings. The van der Waals surface area contributed by atoms with Gasteiger partial charge in [0.25, 0.3) is 0 Å². The molecular weight excluding hydrogens is 228 g/mol. The smallest absolute Gasteiger partial charge is 0.0615 e. The summed E-state index contributed by atoms with van der Waals surface area (Å²) in [5.74, 6) is 0.652. The van der Waals surface area contributed by atoms with E-state index in [-0.39, 0.29) is 5.54 Å². The van der Waals surface area contributed by atoms with Gasteiger partial charge in [-0.3, -0.25) is 4.90 Å². The second-order valence-electron chi connectivity index (χ2n) is 5.59. The van der Waals surface area contributed by atoms with Crippen LogP contribution in [0.3, 0.4) is 0 Å². The van der Waals surface area contributed by atoms with Crippen LogP contribution in [0.2, 0.25) is 0 Å². The fraction of sp³-hybridized carbons (Fsp3) is 1.00. The maximum absolute atomic E-state index is 6.14. The van der Waals surface area contributed by atoms with Gasteiger partial charge in [0.05, 0.1) is 13.2 Å². The fourth-order valence-electron chi connectivity index (χ4n) is 3.48. The minimum Gasteiger partial charge on any atom is -0.383 e. The van der Waals surface area contributed by atoms with Crippen LogP contribution in [0.15, 0.2) is 0 Å². The zero-order chi connectivity index (χ0) is 13.6. The maximum Gasteiger partial charge on any atom is 0.0615 e. The number of nitrogens with two attached hydrogens (primary N) is 1. The van der Waals surface area contributed by atoms with Gasteiger partial charge in [0.1, 0.15) is 0 Å². The zero-order valence-electron chi connectivity index (χ0n) is 12.4. The molecule has 0 spiro atoms. The highest BCUT2D eigenvalue weighted by molar-refractivity contribution is 5.01. The number of hydrogen-bond acceptors (Lipinski definition) is 4. The van der Waals surface area contributed by atoms with Crippen LogP contribution in [0.1, 0.15) is 33.1 Å². The van der Waals surface area contributed by atoms with Gasteiger partial charge in [-0.15, -0.1) is 0 Å². The first-order chi connectivity index (χ1) is 8.62. The Labute approximate surface area is 112 Å². The topological polar surface area (TPSA) is 47.7 Å². The lowest BCUT2D eigenvalue weighted by Crippen LogP contribution is -2.60. The van der Waals surface area contributed by atoms with E-state index in [9.17, 15) is 0 Å². The second kappa shape index (κ2) is 7.43. The molecule has 0 aromatic heterocycles. The molecule has 4 nitrogen and oxygen atoms in total. The van der Waals surface area contributed by atoms with E-state index < -0.39 is 0 Å². The molecule has 1 rings (SSSR count). The summed E-state index contributed by atoms with van der Waals surface area (Å²) in [4.78, 5) is 2.53. The molecule has 0 bridgehead atoms. The summed E-state index contributed by atoms with van der Waals surface area (Å²) in [5.41, 5.74) is 6.28. The summed E-state index contributed by atoms with van der Waals surface area (Å²) in [6, 6.07) is 0.384. The number of hydrogen-bond donors (Lipinski definition) is 1. The Hall–Kier alpha value is -0.160. The van der Waals surface area contributed by atoms with Gasteiger partial charge in [0.15, 0.2) is 0 Å². The highest BCUT2D eigenvalue weighted by atomic mass is 16.5. The number of rotatable bonds is 8. The predicted molar refractivity (Wildman–Crippen MR) is 74.7 cm³/mol. The van der Waals surface area contributed by atoms with Gasteiger partial charge in [-0.2, -0.15) is 0 Å². The van der Waals surface area contributed by atoms with Crippen LogP contribution in [-0.4, -0.2) is 57.0 Å². The van der Waals surface area contributed by atoms with Crippen LogP contribution in [0.4, 0.5) is 0 Å². The maximum atomic E-state index is 6.14. The molecule has 1 aliphatic rings. The van der Waals surface area contributed by atoms with E-state index in [0.717, 1.165) is 26.3 Å². The third-order valence-corrected chi connectivity index (χ3v) is 4.57. The van der Waals surface area contributed by atoms with Gasteiger partial charge in [0.2, 0.25) is 0 Å². The first kappa shape index (κ1) is 15.9. The zero-order valence-corrected chi connectivity index (χ0v) is 12.4. The number of nitrogens with zero attached hydrogens (tertiary/aromatic N) is 1. The summed E-state index contributed by atoms with van der Waals surface area (Å²) in [6.07, 6.45) is 3.75. The van der Waals surface area contributed by atoms with Gasteiger partial charge in [-0.25, -0.2) is 0 Å². The van der Waals surface area contributed by atoms with Crippen molar-refractivity contribution < 1.29 is 9.47 Å². The molecule has 0 aliphatic heterocycles. The van der Waals surface area contributed by atoms with Crippen molar-refractivity contribution in [3.63, 3.8) is 0 Å². The minimum absolute atomic E-state index is 0.135. The average Bonchev–Trinajstić information content (AvgIpc) is 2.73. The molecule has 3 atom stereocenters. The molecule has 0 amide bonds. The Balaban J connectivity index is 2.84. The summed E-state index contributed by atoms with van der Waals surface area (Å²) >= 11 is 0. The van der Waals surface area contributed by atoms with Gasteiger partial charge >= 0.3 is 0 Å². The highest BCUT2D eigenvalue weighted by Gasteiger charge is 2.45. The van der Waals surface area contributed by atoms with Crippen molar-refractivity contribution in [2.45, 2.75) is 44.7 Å². The van der Waals surface area contributed by atoms with E-state index in [1.165, 1.54) is 19.3 Å². The Morgan fingerprint density at radius 1 is 1.39 bits per heavy atom. The molecule has 0 radical (unpaired) electrons. The van der Waals surface area contributed by atoms with Crippen LogP contribution in [0, 0.1) is 5.92 Å². The van der Waals surface area contributed by atoms with E-state index in [1.807, 2.05) is 0 Å². The van der Waals surface area contributed by atoms with Crippen molar-refractivity contribution >= 4 is 0 Å². The highest BCUT2D eigenvalue weighted by Crippen LogP contribution is 2.40. The quantitative estimate of drug-likeness (QED) is 0.716. The largest absolute Gasteiger partial charge is 0.383 e. The Kier molecular flexibility index (Phi) is 6.57. The molecular formula is C14H30N2O2. The third-order valence-electron chi connectivity index (χ3n) is 4.57. The SMILES string of the molecule is COCCN(C(C)COC)C1(CN)CCCC1C. The Bertz CT molecular complexity index is 238. The minimum atomic E-state index is 0.135. The van der Waals surface area contributed by atoms with Crippen molar-refractivity contribution in [1.29, 1.82) is 0 Å². The van der Waals surface area contributed by atoms with Crippen molar-refractivity contribution in [3.8, 4) is 0 Å². The van der Waals surface area contributed by atoms with Crippen LogP contribution >= 0.6 is 0 Å². The molecule has 18 heavy (non-hydrogen) atoms. The van der Waals surface area contributed by atoms with Gasteiger partial charge < -0.3 is 15.2 Å². The van der Waals surface area contributed by atoms with Crippen LogP contribution in [-0.2, 0) is 9.47 Å². The number of ether oxygens (including phenoxy) is 2. The second-order valence-corrected chi connectivity index (χ2v) is 5.59. The molecule has 1 saturated carbocycles. The Morgan fingerprint density at radius 3 is 2.56 bits per heavy atom. The van der Waals surface area contributed by atoms with Crippen molar-refractivity contribution in [1.82, 2.24) is 4.90 Å². The van der Waals surface area contributed by atoms with Gasteiger partial charge in [-0.05, 0) is 25.7 Å². The van der Waals surface area contributed by atoms with Crippen molar-refractivity contribution in [3.05, 3.63) is 0 Å². The van der Waals surface area contributed by atoms with Crippen LogP contribution < -0.4 is 5.73 Å². The van der Waals surface area contributed by atoms with E-state index >= 15 is 0 Å². The van der Waals surface area contributed by atoms with E-state index in [2.05, 4.69) is 18.7 Å². The van der Waals surface area contributed by atoms with E-state index in [4.69, 9.17) is 15.2 Å². The molecule has 0 heterocycles. The first-order valence-corrected chi connectivity index (χ1v) is 7.07. The monoisotopic (exact) mass is 258 g/mol. The average molecular weight is 258 g/mol. The summed E-state index contributed by atoms with van der Waals surface area (Å²) in [6.45, 7) is 7.72. The molecule has 0 aromatic carbocycles. The molecule has 0 saturated heterocycles. The van der Waals surface area contributed by atoms with Crippen LogP contribution in [0.25, 0.3) is 0 Å². The van der Waals surface area contributed by atoms with Gasteiger partial charge in [-0.1, -0.05) is 13.3 Å². The van der Waals surface area contributed by atoms with Crippen molar-refractivity contribution in [2.75, 3.05) is 40.5 Å². The standard InChI is InChI=1S/C14H30N2O2/c1-12-6-5-7-14(12,11-15)16(8-9-17-3)13(2)10-18-4/h12-13H,5-11,15H2,1-4H3. The molecule has 2 N–H and O–H groups in total. The fourth-order valence-corrected chi connectivity index (χ4v) is 3.48. The summed E-state index contributed by atoms with van der Waals surface area (Å²) in [7, 11) is 3.52. The molecule has 0 aromatic rings. The van der Waals surface area contributed by atoms with Crippen LogP contribution in [0.5, 0.6) is 0 Å². The van der Waals surface area contributed by atoms with Crippen molar-refractivity contribution in [2.24, 2.45) is 11.7 Å². The van der Waals surface area contributed by atoms with E-state index in [0.29, 0.717) is 12.0 Å². The lowest BCUT2D eigenvalue weighted by Gasteiger charge is -2.47. The third kappa shape index (κ3) is 3.23. The molecule has 4 heteroatoms. The first-order valence-electron chi connectivity index (χ1n) is 7.07. The Morgan fingerprint density at radius 2 is 2.11 bits per heavy atom. The molecule has 1 aliphatic carbocycles. The van der Waals surface area contributed by atoms with Gasteiger partial charge in [0, 0.05) is 38.9 Å². The lowest BCUT2D eigenvalue weighted by atomic mass is 9.85. The summed E-state index contributed by atoms with van der Waals surface area (Å²) < 4.78 is 10.6. The molecule has 3 unspecified atom stereocenters.